The number of halogens is 1. The van der Waals surface area contributed by atoms with Crippen LogP contribution in [0.25, 0.3) is 10.1 Å². The van der Waals surface area contributed by atoms with Crippen LogP contribution in [0.2, 0.25) is 5.02 Å². The van der Waals surface area contributed by atoms with E-state index >= 15 is 0 Å². The zero-order valence-electron chi connectivity index (χ0n) is 12.7. The molecular formula is C17H15ClN2O2S. The molecule has 1 unspecified atom stereocenters. The van der Waals surface area contributed by atoms with Gasteiger partial charge in [0.15, 0.2) is 0 Å². The molecule has 0 radical (unpaired) electrons. The van der Waals surface area contributed by atoms with Crippen LogP contribution in [0.5, 0.6) is 0 Å². The predicted octanol–water partition coefficient (Wildman–Crippen LogP) is 4.22. The lowest BCUT2D eigenvalue weighted by Gasteiger charge is -2.14. The number of amides is 1. The number of nitrogens with zero attached hydrogens (tertiary/aromatic N) is 1. The fourth-order valence-corrected chi connectivity index (χ4v) is 3.53. The van der Waals surface area contributed by atoms with Gasteiger partial charge < -0.3 is 5.32 Å². The van der Waals surface area contributed by atoms with Crippen LogP contribution in [-0.2, 0) is 4.79 Å². The maximum atomic E-state index is 12.5. The molecule has 0 spiro atoms. The first-order chi connectivity index (χ1) is 11.0. The number of fused-ring (bicyclic) bond motifs is 1. The summed E-state index contributed by atoms with van der Waals surface area (Å²) in [6.45, 7) is 3.61. The molecule has 23 heavy (non-hydrogen) atoms. The third kappa shape index (κ3) is 3.02. The first-order valence-corrected chi connectivity index (χ1v) is 8.30. The summed E-state index contributed by atoms with van der Waals surface area (Å²) in [5, 5.41) is 4.03. The Kier molecular flexibility index (Phi) is 4.24. The quantitative estimate of drug-likeness (QED) is 0.771. The molecule has 3 rings (SSSR count). The molecule has 3 aromatic rings. The van der Waals surface area contributed by atoms with Crippen LogP contribution in [0.3, 0.4) is 0 Å². The Morgan fingerprint density at radius 1 is 1.26 bits per heavy atom. The van der Waals surface area contributed by atoms with E-state index in [2.05, 4.69) is 5.32 Å². The number of hydrogen-bond donors (Lipinski definition) is 1. The van der Waals surface area contributed by atoms with E-state index < -0.39 is 6.04 Å². The van der Waals surface area contributed by atoms with Gasteiger partial charge in [-0.2, -0.15) is 0 Å². The topological polar surface area (TPSA) is 51.1 Å². The Morgan fingerprint density at radius 2 is 2.00 bits per heavy atom. The van der Waals surface area contributed by atoms with E-state index in [0.717, 1.165) is 10.3 Å². The highest BCUT2D eigenvalue weighted by Gasteiger charge is 2.20. The second-order valence-electron chi connectivity index (χ2n) is 5.34. The smallest absolute Gasteiger partial charge is 0.269 e. The van der Waals surface area contributed by atoms with Crippen molar-refractivity contribution in [3.63, 3.8) is 0 Å². The fourth-order valence-electron chi connectivity index (χ4n) is 2.32. The number of carbonyl (C=O) groups excluding carboxylic acids is 1. The van der Waals surface area contributed by atoms with Gasteiger partial charge in [-0.05, 0) is 43.7 Å². The summed E-state index contributed by atoms with van der Waals surface area (Å²) in [7, 11) is 0. The molecule has 1 atom stereocenters. The minimum atomic E-state index is -0.599. The number of aryl methyl sites for hydroxylation is 1. The first-order valence-electron chi connectivity index (χ1n) is 7.15. The molecule has 2 aromatic carbocycles. The van der Waals surface area contributed by atoms with Gasteiger partial charge in [-0.15, -0.1) is 0 Å². The molecule has 6 heteroatoms. The maximum Gasteiger partial charge on any atom is 0.269 e. The molecule has 1 heterocycles. The zero-order chi connectivity index (χ0) is 16.6. The highest BCUT2D eigenvalue weighted by atomic mass is 35.5. The van der Waals surface area contributed by atoms with Gasteiger partial charge in [-0.25, -0.2) is 0 Å². The number of nitrogens with one attached hydrogen (secondary N) is 1. The summed E-state index contributed by atoms with van der Waals surface area (Å²) in [5.74, 6) is -0.246. The van der Waals surface area contributed by atoms with Crippen LogP contribution in [0.1, 0.15) is 18.5 Å². The molecule has 0 fully saturated rings. The highest BCUT2D eigenvalue weighted by Crippen LogP contribution is 2.23. The lowest BCUT2D eigenvalue weighted by Crippen LogP contribution is -2.28. The molecule has 0 aliphatic heterocycles. The molecule has 4 nitrogen and oxygen atoms in total. The van der Waals surface area contributed by atoms with Crippen LogP contribution in [0.15, 0.2) is 47.3 Å². The van der Waals surface area contributed by atoms with Crippen molar-refractivity contribution in [2.24, 2.45) is 0 Å². The first kappa shape index (κ1) is 15.8. The molecule has 118 valence electrons. The van der Waals surface area contributed by atoms with Gasteiger partial charge in [0.2, 0.25) is 5.91 Å². The molecule has 1 aromatic heterocycles. The summed E-state index contributed by atoms with van der Waals surface area (Å²) >= 11 is 7.27. The summed E-state index contributed by atoms with van der Waals surface area (Å²) < 4.78 is 2.37. The largest absolute Gasteiger partial charge is 0.324 e. The molecular weight excluding hydrogens is 332 g/mol. The van der Waals surface area contributed by atoms with E-state index in [-0.39, 0.29) is 11.5 Å². The summed E-state index contributed by atoms with van der Waals surface area (Å²) in [6, 6.07) is 12.1. The lowest BCUT2D eigenvalue weighted by atomic mass is 10.2. The molecule has 0 aliphatic carbocycles. The summed E-state index contributed by atoms with van der Waals surface area (Å²) in [6.07, 6.45) is 0. The highest BCUT2D eigenvalue weighted by molar-refractivity contribution is 7.14. The van der Waals surface area contributed by atoms with Gasteiger partial charge >= 0.3 is 0 Å². The van der Waals surface area contributed by atoms with E-state index in [9.17, 15) is 9.59 Å². The fraction of sp³-hybridized carbons (Fsp3) is 0.176. The van der Waals surface area contributed by atoms with E-state index in [4.69, 9.17) is 11.6 Å². The normalized spacial score (nSPS) is 12.3. The number of anilines is 1. The molecule has 0 saturated carbocycles. The molecule has 0 bridgehead atoms. The van der Waals surface area contributed by atoms with Crippen molar-refractivity contribution < 1.29 is 4.79 Å². The van der Waals surface area contributed by atoms with Gasteiger partial charge in [0.25, 0.3) is 5.56 Å². The van der Waals surface area contributed by atoms with Crippen molar-refractivity contribution in [1.82, 2.24) is 3.96 Å². The second-order valence-corrected chi connectivity index (χ2v) is 6.80. The van der Waals surface area contributed by atoms with E-state index in [1.807, 2.05) is 31.2 Å². The van der Waals surface area contributed by atoms with Crippen LogP contribution in [-0.4, -0.2) is 9.86 Å². The van der Waals surface area contributed by atoms with Crippen LogP contribution in [0, 0.1) is 6.92 Å². The average molecular weight is 347 g/mol. The minimum Gasteiger partial charge on any atom is -0.324 e. The molecule has 1 amide bonds. The minimum absolute atomic E-state index is 0.143. The number of rotatable bonds is 3. The van der Waals surface area contributed by atoms with Gasteiger partial charge in [0.05, 0.1) is 10.1 Å². The van der Waals surface area contributed by atoms with Crippen molar-refractivity contribution >= 4 is 44.8 Å². The van der Waals surface area contributed by atoms with Gasteiger partial charge in [0, 0.05) is 10.7 Å². The number of hydrogen-bond acceptors (Lipinski definition) is 3. The molecule has 1 N–H and O–H groups in total. The van der Waals surface area contributed by atoms with Crippen molar-refractivity contribution in [2.75, 3.05) is 5.32 Å². The third-order valence-corrected chi connectivity index (χ3v) is 5.17. The van der Waals surface area contributed by atoms with Crippen LogP contribution in [0.4, 0.5) is 5.69 Å². The number of carbonyl (C=O) groups is 1. The van der Waals surface area contributed by atoms with Crippen LogP contribution >= 0.6 is 23.1 Å². The third-order valence-electron chi connectivity index (χ3n) is 3.70. The van der Waals surface area contributed by atoms with Crippen molar-refractivity contribution in [1.29, 1.82) is 0 Å². The van der Waals surface area contributed by atoms with E-state index in [1.165, 1.54) is 15.5 Å². The van der Waals surface area contributed by atoms with Gasteiger partial charge in [-0.1, -0.05) is 41.3 Å². The Bertz CT molecular complexity index is 945. The van der Waals surface area contributed by atoms with Gasteiger partial charge in [-0.3, -0.25) is 13.5 Å². The predicted molar refractivity (Wildman–Crippen MR) is 95.6 cm³/mol. The number of aromatic nitrogens is 1. The van der Waals surface area contributed by atoms with E-state index in [0.29, 0.717) is 16.1 Å². The standard InChI is InChI=1S/C17H15ClN2O2S/c1-10-7-8-12(18)9-14(10)19-16(21)11(2)20-17(22)13-5-3-4-6-15(13)23-20/h3-9,11H,1-2H3,(H,19,21). The van der Waals surface area contributed by atoms with Crippen molar-refractivity contribution in [2.45, 2.75) is 19.9 Å². The Balaban J connectivity index is 1.91. The zero-order valence-corrected chi connectivity index (χ0v) is 14.2. The summed E-state index contributed by atoms with van der Waals surface area (Å²) in [5.41, 5.74) is 1.43. The SMILES string of the molecule is Cc1ccc(Cl)cc1NC(=O)C(C)n1sc2ccccc2c1=O. The van der Waals surface area contributed by atoms with Crippen molar-refractivity contribution in [3.8, 4) is 0 Å². The Morgan fingerprint density at radius 3 is 2.74 bits per heavy atom. The summed E-state index contributed by atoms with van der Waals surface area (Å²) in [4.78, 5) is 24.9. The average Bonchev–Trinajstić information content (AvgIpc) is 2.87. The molecule has 0 aliphatic rings. The Labute approximate surface area is 142 Å². The monoisotopic (exact) mass is 346 g/mol. The maximum absolute atomic E-state index is 12.5. The van der Waals surface area contributed by atoms with Crippen LogP contribution < -0.4 is 10.9 Å². The lowest BCUT2D eigenvalue weighted by molar-refractivity contribution is -0.118. The Hall–Kier alpha value is -2.11. The van der Waals surface area contributed by atoms with E-state index in [1.54, 1.807) is 25.1 Å². The molecule has 0 saturated heterocycles. The second kappa shape index (κ2) is 6.18. The number of benzene rings is 2. The van der Waals surface area contributed by atoms with Crippen molar-refractivity contribution in [3.05, 3.63) is 63.4 Å². The van der Waals surface area contributed by atoms with Gasteiger partial charge in [0.1, 0.15) is 6.04 Å².